The van der Waals surface area contributed by atoms with E-state index in [1.807, 2.05) is 30.3 Å². The Morgan fingerprint density at radius 3 is 2.54 bits per heavy atom. The molecule has 0 spiro atoms. The molecule has 1 atom stereocenters. The van der Waals surface area contributed by atoms with Gasteiger partial charge in [0.05, 0.1) is 0 Å². The highest BCUT2D eigenvalue weighted by atomic mass is 16.2. The highest BCUT2D eigenvalue weighted by molar-refractivity contribution is 5.99. The van der Waals surface area contributed by atoms with Crippen LogP contribution in [0.3, 0.4) is 0 Å². The highest BCUT2D eigenvalue weighted by Gasteiger charge is 2.22. The van der Waals surface area contributed by atoms with Crippen LogP contribution in [0, 0.1) is 6.92 Å². The number of benzene rings is 1. The van der Waals surface area contributed by atoms with Crippen molar-refractivity contribution in [2.45, 2.75) is 19.9 Å². The first-order chi connectivity index (χ1) is 11.5. The summed E-state index contributed by atoms with van der Waals surface area (Å²) in [7, 11) is 0. The second-order valence-electron chi connectivity index (χ2n) is 5.45. The zero-order chi connectivity index (χ0) is 17.1. The minimum absolute atomic E-state index is 0.102. The molecule has 3 N–H and O–H groups in total. The number of nitrogens with one attached hydrogen (secondary N) is 3. The van der Waals surface area contributed by atoms with Crippen molar-refractivity contribution in [1.29, 1.82) is 0 Å². The third-order valence-corrected chi connectivity index (χ3v) is 3.62. The number of aromatic amines is 2. The highest BCUT2D eigenvalue weighted by Crippen LogP contribution is 2.19. The molecule has 7 heteroatoms. The van der Waals surface area contributed by atoms with Gasteiger partial charge in [0, 0.05) is 11.8 Å². The summed E-state index contributed by atoms with van der Waals surface area (Å²) in [6.45, 7) is 3.25. The molecule has 0 unspecified atom stereocenters. The molecule has 0 bridgehead atoms. The Kier molecular flexibility index (Phi) is 4.24. The molecule has 0 fully saturated rings. The average molecular weight is 323 g/mol. The normalized spacial score (nSPS) is 11.9. The summed E-state index contributed by atoms with van der Waals surface area (Å²) in [4.78, 5) is 31.0. The van der Waals surface area contributed by atoms with Gasteiger partial charge in [-0.05, 0) is 25.5 Å². The molecule has 0 aliphatic rings. The van der Waals surface area contributed by atoms with Crippen LogP contribution in [0.15, 0.2) is 42.6 Å². The Labute approximate surface area is 138 Å². The second kappa shape index (κ2) is 6.49. The van der Waals surface area contributed by atoms with Crippen LogP contribution in [0.2, 0.25) is 0 Å². The third-order valence-electron chi connectivity index (χ3n) is 3.62. The van der Waals surface area contributed by atoms with Gasteiger partial charge in [0.1, 0.15) is 17.6 Å². The number of aryl methyl sites for hydroxylation is 1. The van der Waals surface area contributed by atoms with Crippen LogP contribution in [0.1, 0.15) is 51.0 Å². The summed E-state index contributed by atoms with van der Waals surface area (Å²) in [5.41, 5.74) is 1.64. The quantitative estimate of drug-likeness (QED) is 0.626. The summed E-state index contributed by atoms with van der Waals surface area (Å²) >= 11 is 0. The van der Waals surface area contributed by atoms with E-state index in [9.17, 15) is 9.59 Å². The summed E-state index contributed by atoms with van der Waals surface area (Å²) in [6.07, 6.45) is 1.52. The van der Waals surface area contributed by atoms with E-state index in [4.69, 9.17) is 0 Å². The second-order valence-corrected chi connectivity index (χ2v) is 5.45. The van der Waals surface area contributed by atoms with E-state index in [1.54, 1.807) is 6.92 Å². The Bertz CT molecular complexity index is 866. The van der Waals surface area contributed by atoms with Crippen molar-refractivity contribution >= 4 is 11.7 Å². The van der Waals surface area contributed by atoms with Gasteiger partial charge < -0.3 is 10.3 Å². The predicted molar refractivity (Wildman–Crippen MR) is 87.7 cm³/mol. The van der Waals surface area contributed by atoms with E-state index in [0.717, 1.165) is 5.56 Å². The lowest BCUT2D eigenvalue weighted by Crippen LogP contribution is -2.30. The van der Waals surface area contributed by atoms with E-state index < -0.39 is 6.04 Å². The fraction of sp³-hybridized carbons (Fsp3) is 0.176. The summed E-state index contributed by atoms with van der Waals surface area (Å²) in [6, 6.07) is 10.5. The van der Waals surface area contributed by atoms with Gasteiger partial charge in [-0.15, -0.1) is 0 Å². The Morgan fingerprint density at radius 1 is 1.21 bits per heavy atom. The van der Waals surface area contributed by atoms with Crippen LogP contribution in [-0.4, -0.2) is 31.9 Å². The standard InChI is InChI=1S/C17H17N5O2/c1-10(23)13-8-14(18-9-13)17(24)20-15(12-6-4-3-5-7-12)16-19-11(2)21-22-16/h3-9,15,18H,1-2H3,(H,20,24)(H,19,21,22)/t15-/m1/s1. The van der Waals surface area contributed by atoms with Gasteiger partial charge in [0.15, 0.2) is 11.6 Å². The lowest BCUT2D eigenvalue weighted by atomic mass is 10.1. The molecular formula is C17H17N5O2. The topological polar surface area (TPSA) is 104 Å². The molecule has 0 aliphatic heterocycles. The molecule has 1 amide bonds. The molecule has 3 aromatic rings. The number of amides is 1. The van der Waals surface area contributed by atoms with E-state index in [2.05, 4.69) is 25.5 Å². The van der Waals surface area contributed by atoms with Crippen molar-refractivity contribution in [1.82, 2.24) is 25.5 Å². The number of ketones is 1. The minimum atomic E-state index is -0.493. The van der Waals surface area contributed by atoms with Crippen LogP contribution in [0.5, 0.6) is 0 Å². The number of carbonyl (C=O) groups excluding carboxylic acids is 2. The van der Waals surface area contributed by atoms with Gasteiger partial charge in [-0.25, -0.2) is 4.98 Å². The smallest absolute Gasteiger partial charge is 0.268 e. The zero-order valence-electron chi connectivity index (χ0n) is 13.3. The third kappa shape index (κ3) is 3.24. The summed E-state index contributed by atoms with van der Waals surface area (Å²) in [5, 5.41) is 9.85. The predicted octanol–water partition coefficient (Wildman–Crippen LogP) is 2.16. The van der Waals surface area contributed by atoms with Gasteiger partial charge in [-0.2, -0.15) is 5.10 Å². The number of rotatable bonds is 5. The van der Waals surface area contributed by atoms with Gasteiger partial charge in [0.25, 0.3) is 5.91 Å². The molecule has 2 aromatic heterocycles. The molecular weight excluding hydrogens is 306 g/mol. The molecule has 122 valence electrons. The molecule has 3 rings (SSSR count). The Hall–Kier alpha value is -3.22. The maximum atomic E-state index is 12.5. The van der Waals surface area contributed by atoms with Crippen LogP contribution in [0.4, 0.5) is 0 Å². The van der Waals surface area contributed by atoms with Crippen molar-refractivity contribution in [2.24, 2.45) is 0 Å². The van der Waals surface area contributed by atoms with Crippen LogP contribution in [-0.2, 0) is 0 Å². The maximum absolute atomic E-state index is 12.5. The van der Waals surface area contributed by atoms with E-state index in [0.29, 0.717) is 22.9 Å². The molecule has 0 saturated carbocycles. The minimum Gasteiger partial charge on any atom is -0.356 e. The average Bonchev–Trinajstić information content (AvgIpc) is 3.22. The maximum Gasteiger partial charge on any atom is 0.268 e. The number of hydrogen-bond acceptors (Lipinski definition) is 4. The molecule has 1 aromatic carbocycles. The lowest BCUT2D eigenvalue weighted by Gasteiger charge is -2.15. The molecule has 0 aliphatic carbocycles. The molecule has 2 heterocycles. The molecule has 7 nitrogen and oxygen atoms in total. The number of H-pyrrole nitrogens is 2. The number of Topliss-reactive ketones (excluding diaryl/α,β-unsaturated/α-hetero) is 1. The first kappa shape index (κ1) is 15.7. The molecule has 0 radical (unpaired) electrons. The molecule has 0 saturated heterocycles. The zero-order valence-corrected chi connectivity index (χ0v) is 13.3. The first-order valence-corrected chi connectivity index (χ1v) is 7.48. The van der Waals surface area contributed by atoms with Crippen molar-refractivity contribution in [3.63, 3.8) is 0 Å². The van der Waals surface area contributed by atoms with Gasteiger partial charge in [0.2, 0.25) is 0 Å². The van der Waals surface area contributed by atoms with Crippen molar-refractivity contribution in [3.05, 3.63) is 71.1 Å². The Balaban J connectivity index is 1.88. The Morgan fingerprint density at radius 2 is 1.96 bits per heavy atom. The van der Waals surface area contributed by atoms with Crippen molar-refractivity contribution in [2.75, 3.05) is 0 Å². The molecule has 24 heavy (non-hydrogen) atoms. The van der Waals surface area contributed by atoms with Crippen molar-refractivity contribution in [3.8, 4) is 0 Å². The van der Waals surface area contributed by atoms with E-state index in [1.165, 1.54) is 19.2 Å². The van der Waals surface area contributed by atoms with Gasteiger partial charge in [-0.3, -0.25) is 14.7 Å². The number of carbonyl (C=O) groups is 2. The van der Waals surface area contributed by atoms with Gasteiger partial charge >= 0.3 is 0 Å². The lowest BCUT2D eigenvalue weighted by molar-refractivity contribution is 0.0937. The first-order valence-electron chi connectivity index (χ1n) is 7.48. The summed E-state index contributed by atoms with van der Waals surface area (Å²) in [5.74, 6) is 0.706. The van der Waals surface area contributed by atoms with Crippen LogP contribution < -0.4 is 5.32 Å². The number of nitrogens with zero attached hydrogens (tertiary/aromatic N) is 2. The number of hydrogen-bond donors (Lipinski definition) is 3. The summed E-state index contributed by atoms with van der Waals surface area (Å²) < 4.78 is 0. The van der Waals surface area contributed by atoms with Crippen LogP contribution >= 0.6 is 0 Å². The SMILES string of the molecule is CC(=O)c1c[nH]c(C(=O)N[C@H](c2ccccc2)c2n[nH]c(C)n2)c1. The fourth-order valence-electron chi connectivity index (χ4n) is 2.37. The van der Waals surface area contributed by atoms with E-state index >= 15 is 0 Å². The van der Waals surface area contributed by atoms with Gasteiger partial charge in [-0.1, -0.05) is 30.3 Å². The monoisotopic (exact) mass is 323 g/mol. The largest absolute Gasteiger partial charge is 0.356 e. The van der Waals surface area contributed by atoms with E-state index in [-0.39, 0.29) is 11.7 Å². The number of aromatic nitrogens is 4. The fourth-order valence-corrected chi connectivity index (χ4v) is 2.37. The van der Waals surface area contributed by atoms with Crippen molar-refractivity contribution < 1.29 is 9.59 Å². The van der Waals surface area contributed by atoms with Crippen LogP contribution in [0.25, 0.3) is 0 Å².